The van der Waals surface area contributed by atoms with Crippen LogP contribution in [0.25, 0.3) is 0 Å². The number of carbonyl (C=O) groups excluding carboxylic acids is 1. The molecule has 0 aromatic rings. The summed E-state index contributed by atoms with van der Waals surface area (Å²) in [5, 5.41) is 0. The summed E-state index contributed by atoms with van der Waals surface area (Å²) in [5.74, 6) is 0.358. The van der Waals surface area contributed by atoms with Crippen molar-refractivity contribution in [1.29, 1.82) is 0 Å². The Kier molecular flexibility index (Phi) is 5.79. The number of ether oxygens (including phenoxy) is 1. The van der Waals surface area contributed by atoms with Gasteiger partial charge in [0.1, 0.15) is 5.60 Å². The second-order valence-corrected chi connectivity index (χ2v) is 4.93. The predicted octanol–water partition coefficient (Wildman–Crippen LogP) is 2.47. The van der Waals surface area contributed by atoms with Crippen molar-refractivity contribution in [1.82, 2.24) is 4.90 Å². The number of nitrogens with zero attached hydrogens (tertiary/aromatic N) is 1. The maximum atomic E-state index is 11.6. The zero-order chi connectivity index (χ0) is 10.8. The summed E-state index contributed by atoms with van der Waals surface area (Å²) < 4.78 is 5.28. The van der Waals surface area contributed by atoms with E-state index >= 15 is 0 Å². The molecule has 0 spiro atoms. The Bertz CT molecular complexity index is 213. The van der Waals surface area contributed by atoms with Gasteiger partial charge in [-0.25, -0.2) is 4.79 Å². The summed E-state index contributed by atoms with van der Waals surface area (Å²) in [6.45, 7) is 11.2. The van der Waals surface area contributed by atoms with Gasteiger partial charge < -0.3 is 16.6 Å². The molecule has 0 aromatic heterocycles. The largest absolute Gasteiger partial charge is 0.444 e. The quantitative estimate of drug-likeness (QED) is 0.496. The summed E-state index contributed by atoms with van der Waals surface area (Å²) in [6, 6.07) is 0. The molecule has 0 radical (unpaired) electrons. The Labute approximate surface area is 105 Å². The molecule has 0 saturated carbocycles. The van der Waals surface area contributed by atoms with Crippen LogP contribution in [-0.4, -0.2) is 29.7 Å². The maximum absolute atomic E-state index is 11.6. The van der Waals surface area contributed by atoms with E-state index in [9.17, 15) is 4.79 Å². The van der Waals surface area contributed by atoms with Crippen molar-refractivity contribution in [2.45, 2.75) is 39.2 Å². The van der Waals surface area contributed by atoms with E-state index in [1.807, 2.05) is 20.8 Å². The van der Waals surface area contributed by atoms with Crippen LogP contribution in [0.1, 0.15) is 33.6 Å². The van der Waals surface area contributed by atoms with Crippen LogP contribution in [0.3, 0.4) is 0 Å². The summed E-state index contributed by atoms with van der Waals surface area (Å²) in [6.07, 6.45) is 1.94. The van der Waals surface area contributed by atoms with Crippen molar-refractivity contribution in [3.63, 3.8) is 0 Å². The predicted molar refractivity (Wildman–Crippen MR) is 55.9 cm³/mol. The summed E-state index contributed by atoms with van der Waals surface area (Å²) in [4.78, 5) is 13.4. The van der Waals surface area contributed by atoms with E-state index in [2.05, 4.69) is 6.92 Å². The van der Waals surface area contributed by atoms with Gasteiger partial charge in [-0.05, 0) is 33.7 Å². The first kappa shape index (κ1) is 14.9. The van der Waals surface area contributed by atoms with Crippen LogP contribution in [0.5, 0.6) is 0 Å². The van der Waals surface area contributed by atoms with Gasteiger partial charge in [0.05, 0.1) is 0 Å². The van der Waals surface area contributed by atoms with Gasteiger partial charge in [-0.15, -0.1) is 0 Å². The van der Waals surface area contributed by atoms with Crippen LogP contribution in [0, 0.1) is 12.8 Å². The molecule has 4 heteroatoms. The summed E-state index contributed by atoms with van der Waals surface area (Å²) in [5.41, 5.74) is -0.398. The van der Waals surface area contributed by atoms with Gasteiger partial charge in [0.25, 0.3) is 0 Å². The number of likely N-dealkylation sites (tertiary alicyclic amines) is 1. The third kappa shape index (κ3) is 5.51. The minimum Gasteiger partial charge on any atom is -0.444 e. The molecule has 84 valence electrons. The third-order valence-electron chi connectivity index (χ3n) is 2.17. The molecule has 1 aliphatic heterocycles. The first-order valence-electron chi connectivity index (χ1n) is 5.19. The first-order valence-corrected chi connectivity index (χ1v) is 5.19. The number of carbonyl (C=O) groups is 1. The van der Waals surface area contributed by atoms with Crippen molar-refractivity contribution in [2.75, 3.05) is 13.1 Å². The van der Waals surface area contributed by atoms with Gasteiger partial charge >= 0.3 is 6.09 Å². The van der Waals surface area contributed by atoms with E-state index < -0.39 is 5.60 Å². The average Bonchev–Trinajstić information content (AvgIpc) is 2.01. The van der Waals surface area contributed by atoms with Gasteiger partial charge in [0, 0.05) is 26.0 Å². The fourth-order valence-electron chi connectivity index (χ4n) is 1.56. The van der Waals surface area contributed by atoms with Crippen molar-refractivity contribution < 1.29 is 29.0 Å². The Hall–Kier alpha value is -0.107. The molecular weight excluding hydrogens is 244 g/mol. The molecule has 1 saturated heterocycles. The normalized spacial score (nSPS) is 21.9. The molecule has 1 aliphatic rings. The molecule has 0 N–H and O–H groups in total. The van der Waals surface area contributed by atoms with E-state index in [4.69, 9.17) is 4.74 Å². The minimum absolute atomic E-state index is 0. The number of hydrogen-bond donors (Lipinski definition) is 0. The van der Waals surface area contributed by atoms with E-state index in [1.54, 1.807) is 4.90 Å². The first-order chi connectivity index (χ1) is 6.38. The monoisotopic (exact) mass is 262 g/mol. The zero-order valence-electron chi connectivity index (χ0n) is 10.1. The molecule has 1 heterocycles. The Morgan fingerprint density at radius 2 is 2.07 bits per heavy atom. The molecule has 3 nitrogen and oxygen atoms in total. The molecule has 0 aromatic carbocycles. The number of hydrogen-bond acceptors (Lipinski definition) is 2. The second kappa shape index (κ2) is 5.84. The van der Waals surface area contributed by atoms with Gasteiger partial charge in [0.15, 0.2) is 0 Å². The Morgan fingerprint density at radius 3 is 2.53 bits per heavy atom. The molecule has 1 rings (SSSR count). The van der Waals surface area contributed by atoms with E-state index in [0.717, 1.165) is 25.9 Å². The van der Waals surface area contributed by atoms with E-state index in [-0.39, 0.29) is 25.6 Å². The molecule has 1 atom stereocenters. The molecule has 1 amide bonds. The number of piperidine rings is 1. The Morgan fingerprint density at radius 1 is 1.47 bits per heavy atom. The second-order valence-electron chi connectivity index (χ2n) is 4.93. The third-order valence-corrected chi connectivity index (χ3v) is 2.17. The molecule has 1 fully saturated rings. The van der Waals surface area contributed by atoms with Crippen LogP contribution >= 0.6 is 0 Å². The topological polar surface area (TPSA) is 29.5 Å². The Balaban J connectivity index is 0.00000196. The van der Waals surface area contributed by atoms with Crippen LogP contribution in [0.4, 0.5) is 4.79 Å². The molecule has 0 aliphatic carbocycles. The minimum atomic E-state index is -0.398. The number of rotatable bonds is 0. The fraction of sp³-hybridized carbons (Fsp3) is 0.818. The van der Waals surface area contributed by atoms with Gasteiger partial charge in [-0.2, -0.15) is 5.92 Å². The van der Waals surface area contributed by atoms with Crippen LogP contribution in [0.2, 0.25) is 0 Å². The zero-order valence-corrected chi connectivity index (χ0v) is 13.1. The van der Waals surface area contributed by atoms with E-state index in [1.165, 1.54) is 0 Å². The van der Waals surface area contributed by atoms with Crippen molar-refractivity contribution in [3.05, 3.63) is 6.92 Å². The molecule has 15 heavy (non-hydrogen) atoms. The summed E-state index contributed by atoms with van der Waals surface area (Å²) >= 11 is 0. The fourth-order valence-corrected chi connectivity index (χ4v) is 1.56. The van der Waals surface area contributed by atoms with Gasteiger partial charge in [-0.1, -0.05) is 6.42 Å². The smallest absolute Gasteiger partial charge is 0.410 e. The van der Waals surface area contributed by atoms with Gasteiger partial charge in [0.2, 0.25) is 0 Å². The van der Waals surface area contributed by atoms with Gasteiger partial charge in [-0.3, -0.25) is 0 Å². The van der Waals surface area contributed by atoms with Crippen LogP contribution in [-0.2, 0) is 24.2 Å². The van der Waals surface area contributed by atoms with Crippen LogP contribution in [0.15, 0.2) is 0 Å². The maximum Gasteiger partial charge on any atom is 0.410 e. The van der Waals surface area contributed by atoms with Crippen molar-refractivity contribution in [3.8, 4) is 0 Å². The standard InChI is InChI=1S/C11H20NO2.Zn/c1-9-6-5-7-12(8-9)10(13)14-11(2,3)4;/h9H,1,5-8H2,2-4H3;/q-1;/t9-;/m1./s1. The van der Waals surface area contributed by atoms with Crippen molar-refractivity contribution in [2.24, 2.45) is 5.92 Å². The van der Waals surface area contributed by atoms with E-state index in [0.29, 0.717) is 5.92 Å². The van der Waals surface area contributed by atoms with Crippen molar-refractivity contribution >= 4 is 6.09 Å². The summed E-state index contributed by atoms with van der Waals surface area (Å²) in [7, 11) is 0. The molecule has 0 bridgehead atoms. The molecule has 0 unspecified atom stereocenters. The SMILES string of the molecule is [CH2-][C@@H]1CCCN(C(=O)OC(C)(C)C)C1.[Zn]. The number of amides is 1. The average molecular weight is 264 g/mol. The van der Waals surface area contributed by atoms with Crippen LogP contribution < -0.4 is 0 Å². The molecular formula is C11H20NO2Zn-.